The quantitative estimate of drug-likeness (QED) is 0.857. The van der Waals surface area contributed by atoms with E-state index in [1.54, 1.807) is 6.07 Å². The van der Waals surface area contributed by atoms with Gasteiger partial charge in [-0.05, 0) is 54.8 Å². The Hall–Kier alpha value is -2.00. The van der Waals surface area contributed by atoms with Gasteiger partial charge in [-0.2, -0.15) is 0 Å². The number of benzene rings is 2. The number of nitrogens with one attached hydrogen (secondary N) is 1. The summed E-state index contributed by atoms with van der Waals surface area (Å²) in [5.41, 5.74) is 3.79. The van der Waals surface area contributed by atoms with Gasteiger partial charge in [0.05, 0.1) is 7.11 Å². The van der Waals surface area contributed by atoms with Gasteiger partial charge in [0.2, 0.25) is 0 Å². The molecule has 3 nitrogen and oxygen atoms in total. The van der Waals surface area contributed by atoms with Crippen LogP contribution in [0.15, 0.2) is 42.5 Å². The molecular formula is C17H18ClNO2. The Balaban J connectivity index is 2.37. The SMILES string of the molecule is COC(=O)C(Nc1cccc(C)c1)c1ccc(Cl)cc1C. The summed E-state index contributed by atoms with van der Waals surface area (Å²) in [7, 11) is 1.39. The van der Waals surface area contributed by atoms with E-state index in [4.69, 9.17) is 16.3 Å². The molecule has 1 atom stereocenters. The summed E-state index contributed by atoms with van der Waals surface area (Å²) >= 11 is 5.98. The first-order valence-electron chi connectivity index (χ1n) is 6.68. The molecule has 1 N–H and O–H groups in total. The second-order valence-corrected chi connectivity index (χ2v) is 5.41. The van der Waals surface area contributed by atoms with Crippen molar-refractivity contribution < 1.29 is 9.53 Å². The van der Waals surface area contributed by atoms with Crippen LogP contribution in [0.25, 0.3) is 0 Å². The number of ether oxygens (including phenoxy) is 1. The number of halogens is 1. The van der Waals surface area contributed by atoms with Gasteiger partial charge >= 0.3 is 5.97 Å². The molecule has 4 heteroatoms. The highest BCUT2D eigenvalue weighted by atomic mass is 35.5. The summed E-state index contributed by atoms with van der Waals surface area (Å²) in [5.74, 6) is -0.332. The molecule has 0 heterocycles. The zero-order valence-corrected chi connectivity index (χ0v) is 13.1. The van der Waals surface area contributed by atoms with E-state index < -0.39 is 6.04 Å². The maximum Gasteiger partial charge on any atom is 0.332 e. The predicted octanol–water partition coefficient (Wildman–Crippen LogP) is 4.28. The highest BCUT2D eigenvalue weighted by Crippen LogP contribution is 2.26. The van der Waals surface area contributed by atoms with Crippen molar-refractivity contribution in [1.82, 2.24) is 0 Å². The third-order valence-electron chi connectivity index (χ3n) is 3.31. The third kappa shape index (κ3) is 3.76. The van der Waals surface area contributed by atoms with Gasteiger partial charge in [-0.25, -0.2) is 4.79 Å². The van der Waals surface area contributed by atoms with Crippen LogP contribution in [-0.2, 0) is 9.53 Å². The topological polar surface area (TPSA) is 38.3 Å². The summed E-state index contributed by atoms with van der Waals surface area (Å²) in [4.78, 5) is 12.1. The standard InChI is InChI=1S/C17H18ClNO2/c1-11-5-4-6-14(9-11)19-16(17(20)21-3)15-8-7-13(18)10-12(15)2/h4-10,16,19H,1-3H3. The van der Waals surface area contributed by atoms with Crippen LogP contribution in [0.1, 0.15) is 22.7 Å². The van der Waals surface area contributed by atoms with Crippen molar-refractivity contribution in [3.63, 3.8) is 0 Å². The number of methoxy groups -OCH3 is 1. The van der Waals surface area contributed by atoms with Gasteiger partial charge in [0, 0.05) is 10.7 Å². The first-order valence-corrected chi connectivity index (χ1v) is 7.06. The second-order valence-electron chi connectivity index (χ2n) is 4.97. The van der Waals surface area contributed by atoms with Crippen molar-refractivity contribution in [3.8, 4) is 0 Å². The fourth-order valence-corrected chi connectivity index (χ4v) is 2.47. The van der Waals surface area contributed by atoms with Gasteiger partial charge < -0.3 is 10.1 Å². The monoisotopic (exact) mass is 303 g/mol. The lowest BCUT2D eigenvalue weighted by atomic mass is 10.0. The molecule has 0 fully saturated rings. The third-order valence-corrected chi connectivity index (χ3v) is 3.54. The van der Waals surface area contributed by atoms with Crippen molar-refractivity contribution in [2.24, 2.45) is 0 Å². The Labute approximate surface area is 129 Å². The highest BCUT2D eigenvalue weighted by molar-refractivity contribution is 6.30. The van der Waals surface area contributed by atoms with Crippen LogP contribution >= 0.6 is 11.6 Å². The minimum absolute atomic E-state index is 0.332. The lowest BCUT2D eigenvalue weighted by Gasteiger charge is -2.20. The number of rotatable bonds is 4. The molecule has 110 valence electrons. The van der Waals surface area contributed by atoms with Crippen LogP contribution in [0.5, 0.6) is 0 Å². The van der Waals surface area contributed by atoms with Crippen LogP contribution in [0.3, 0.4) is 0 Å². The number of anilines is 1. The molecule has 0 amide bonds. The smallest absolute Gasteiger partial charge is 0.332 e. The summed E-state index contributed by atoms with van der Waals surface area (Å²) in [6, 6.07) is 12.8. The van der Waals surface area contributed by atoms with E-state index >= 15 is 0 Å². The average Bonchev–Trinajstić information content (AvgIpc) is 2.45. The molecule has 0 saturated heterocycles. The van der Waals surface area contributed by atoms with Gasteiger partial charge in [0.1, 0.15) is 0 Å². The fraction of sp³-hybridized carbons (Fsp3) is 0.235. The number of carbonyl (C=O) groups is 1. The maximum atomic E-state index is 12.1. The summed E-state index contributed by atoms with van der Waals surface area (Å²) < 4.78 is 4.92. The van der Waals surface area contributed by atoms with Crippen LogP contribution in [-0.4, -0.2) is 13.1 Å². The molecule has 21 heavy (non-hydrogen) atoms. The number of esters is 1. The molecule has 0 aliphatic carbocycles. The fourth-order valence-electron chi connectivity index (χ4n) is 2.25. The van der Waals surface area contributed by atoms with Crippen molar-refractivity contribution in [2.45, 2.75) is 19.9 Å². The maximum absolute atomic E-state index is 12.1. The van der Waals surface area contributed by atoms with E-state index in [0.29, 0.717) is 5.02 Å². The first kappa shape index (κ1) is 15.4. The zero-order valence-electron chi connectivity index (χ0n) is 12.3. The molecule has 0 bridgehead atoms. The number of hydrogen-bond donors (Lipinski definition) is 1. The second kappa shape index (κ2) is 6.64. The normalized spacial score (nSPS) is 11.8. The minimum Gasteiger partial charge on any atom is -0.467 e. The van der Waals surface area contributed by atoms with Gasteiger partial charge in [-0.15, -0.1) is 0 Å². The number of hydrogen-bond acceptors (Lipinski definition) is 3. The summed E-state index contributed by atoms with van der Waals surface area (Å²) in [6.45, 7) is 3.93. The molecule has 0 aromatic heterocycles. The van der Waals surface area contributed by atoms with E-state index in [0.717, 1.165) is 22.4 Å². The van der Waals surface area contributed by atoms with E-state index in [1.165, 1.54) is 7.11 Å². The molecular weight excluding hydrogens is 286 g/mol. The molecule has 2 aromatic rings. The Kier molecular flexibility index (Phi) is 4.86. The van der Waals surface area contributed by atoms with Crippen LogP contribution < -0.4 is 5.32 Å². The van der Waals surface area contributed by atoms with Crippen LogP contribution in [0, 0.1) is 13.8 Å². The Bertz CT molecular complexity index is 655. The van der Waals surface area contributed by atoms with Gasteiger partial charge in [0.25, 0.3) is 0 Å². The van der Waals surface area contributed by atoms with Crippen LogP contribution in [0.2, 0.25) is 5.02 Å². The Morgan fingerprint density at radius 3 is 2.57 bits per heavy atom. The molecule has 0 aliphatic rings. The summed E-state index contributed by atoms with van der Waals surface area (Å²) in [6.07, 6.45) is 0. The molecule has 1 unspecified atom stereocenters. The first-order chi connectivity index (χ1) is 10.0. The number of carbonyl (C=O) groups excluding carboxylic acids is 1. The molecule has 0 aliphatic heterocycles. The molecule has 2 aromatic carbocycles. The minimum atomic E-state index is -0.561. The van der Waals surface area contributed by atoms with E-state index in [1.807, 2.05) is 50.2 Å². The molecule has 0 saturated carbocycles. The van der Waals surface area contributed by atoms with Crippen molar-refractivity contribution in [2.75, 3.05) is 12.4 Å². The van der Waals surface area contributed by atoms with E-state index in [-0.39, 0.29) is 5.97 Å². The average molecular weight is 304 g/mol. The van der Waals surface area contributed by atoms with Gasteiger partial charge in [-0.3, -0.25) is 0 Å². The predicted molar refractivity (Wildman–Crippen MR) is 85.7 cm³/mol. The molecule has 0 radical (unpaired) electrons. The van der Waals surface area contributed by atoms with Crippen LogP contribution in [0.4, 0.5) is 5.69 Å². The molecule has 0 spiro atoms. The Morgan fingerprint density at radius 1 is 1.19 bits per heavy atom. The number of aryl methyl sites for hydroxylation is 2. The van der Waals surface area contributed by atoms with E-state index in [2.05, 4.69) is 5.32 Å². The highest BCUT2D eigenvalue weighted by Gasteiger charge is 2.23. The lowest BCUT2D eigenvalue weighted by Crippen LogP contribution is -2.23. The largest absolute Gasteiger partial charge is 0.467 e. The summed E-state index contributed by atoms with van der Waals surface area (Å²) in [5, 5.41) is 3.88. The molecule has 2 rings (SSSR count). The lowest BCUT2D eigenvalue weighted by molar-refractivity contribution is -0.141. The van der Waals surface area contributed by atoms with Crippen molar-refractivity contribution >= 4 is 23.3 Å². The van der Waals surface area contributed by atoms with Gasteiger partial charge in [-0.1, -0.05) is 29.8 Å². The van der Waals surface area contributed by atoms with Crippen molar-refractivity contribution in [3.05, 3.63) is 64.2 Å². The zero-order chi connectivity index (χ0) is 15.4. The van der Waals surface area contributed by atoms with Gasteiger partial charge in [0.15, 0.2) is 6.04 Å². The Morgan fingerprint density at radius 2 is 1.95 bits per heavy atom. The van der Waals surface area contributed by atoms with E-state index in [9.17, 15) is 4.79 Å². The van der Waals surface area contributed by atoms with Crippen molar-refractivity contribution in [1.29, 1.82) is 0 Å².